The van der Waals surface area contributed by atoms with E-state index >= 15 is 0 Å². The van der Waals surface area contributed by atoms with Gasteiger partial charge in [0.1, 0.15) is 11.9 Å². The smallest absolute Gasteiger partial charge is 0.260 e. The molecule has 0 spiro atoms. The molecule has 156 valence electrons. The molecule has 0 aromatic carbocycles. The number of aryl methyl sites for hydroxylation is 1. The molecule has 1 aromatic rings. The molecule has 0 unspecified atom stereocenters. The second kappa shape index (κ2) is 8.37. The van der Waals surface area contributed by atoms with Crippen LogP contribution in [0.1, 0.15) is 69.5 Å². The largest absolute Gasteiger partial charge is 0.367 e. The first-order valence-corrected chi connectivity index (χ1v) is 10.9. The zero-order valence-electron chi connectivity index (χ0n) is 16.7. The van der Waals surface area contributed by atoms with Crippen molar-refractivity contribution in [2.75, 3.05) is 18.4 Å². The lowest BCUT2D eigenvalue weighted by molar-refractivity contribution is -0.134. The number of nitrogens with one attached hydrogen (secondary N) is 1. The number of carbonyl (C=O) groups is 1. The van der Waals surface area contributed by atoms with Crippen molar-refractivity contribution in [2.45, 2.75) is 83.2 Å². The van der Waals surface area contributed by atoms with Gasteiger partial charge in [-0.2, -0.15) is 5.10 Å². The third-order valence-electron chi connectivity index (χ3n) is 6.86. The van der Waals surface area contributed by atoms with Gasteiger partial charge in [-0.1, -0.05) is 19.3 Å². The minimum absolute atomic E-state index is 0.0344. The Morgan fingerprint density at radius 3 is 2.79 bits per heavy atom. The van der Waals surface area contributed by atoms with Gasteiger partial charge in [-0.15, -0.1) is 0 Å². The number of piperidine rings is 1. The summed E-state index contributed by atoms with van der Waals surface area (Å²) >= 11 is 0. The maximum absolute atomic E-state index is 13.7. The lowest BCUT2D eigenvalue weighted by Crippen LogP contribution is -2.48. The Morgan fingerprint density at radius 2 is 2.04 bits per heavy atom. The third-order valence-corrected chi connectivity index (χ3v) is 6.86. The number of halogens is 2. The number of amides is 1. The Kier molecular flexibility index (Phi) is 5.88. The van der Waals surface area contributed by atoms with Crippen LogP contribution in [0.3, 0.4) is 0 Å². The molecule has 2 fully saturated rings. The van der Waals surface area contributed by atoms with E-state index in [0.717, 1.165) is 25.1 Å². The van der Waals surface area contributed by atoms with Crippen LogP contribution in [0.15, 0.2) is 6.07 Å². The van der Waals surface area contributed by atoms with Crippen molar-refractivity contribution in [1.82, 2.24) is 14.7 Å². The Balaban J connectivity index is 1.40. The number of nitrogens with zero attached hydrogens (tertiary/aromatic N) is 3. The number of fused-ring (bicyclic) bond motifs is 1. The average molecular weight is 395 g/mol. The molecule has 5 nitrogen and oxygen atoms in total. The van der Waals surface area contributed by atoms with Gasteiger partial charge in [-0.25, -0.2) is 13.5 Å². The van der Waals surface area contributed by atoms with E-state index in [0.29, 0.717) is 31.1 Å². The highest BCUT2D eigenvalue weighted by Gasteiger charge is 2.38. The fraction of sp³-hybridized carbons (Fsp3) is 0.810. The molecule has 3 aliphatic rings. The van der Waals surface area contributed by atoms with Gasteiger partial charge in [-0.3, -0.25) is 4.79 Å². The van der Waals surface area contributed by atoms with Crippen LogP contribution in [0.4, 0.5) is 14.6 Å². The summed E-state index contributed by atoms with van der Waals surface area (Å²) in [4.78, 5) is 14.8. The van der Waals surface area contributed by atoms with Crippen molar-refractivity contribution in [1.29, 1.82) is 0 Å². The highest BCUT2D eigenvalue weighted by atomic mass is 19.3. The number of rotatable bonds is 4. The predicted molar refractivity (Wildman–Crippen MR) is 105 cm³/mol. The maximum atomic E-state index is 13.7. The van der Waals surface area contributed by atoms with Gasteiger partial charge in [0.15, 0.2) is 0 Å². The summed E-state index contributed by atoms with van der Waals surface area (Å²) in [6.45, 7) is 3.33. The summed E-state index contributed by atoms with van der Waals surface area (Å²) in [7, 11) is 0. The topological polar surface area (TPSA) is 50.2 Å². The lowest BCUT2D eigenvalue weighted by atomic mass is 9.84. The molecular weight excluding hydrogens is 362 g/mol. The molecule has 1 amide bonds. The van der Waals surface area contributed by atoms with E-state index < -0.39 is 12.5 Å². The van der Waals surface area contributed by atoms with Gasteiger partial charge >= 0.3 is 0 Å². The minimum Gasteiger partial charge on any atom is -0.367 e. The molecule has 2 aliphatic heterocycles. The quantitative estimate of drug-likeness (QED) is 0.824. The van der Waals surface area contributed by atoms with Crippen molar-refractivity contribution in [3.05, 3.63) is 11.8 Å². The summed E-state index contributed by atoms with van der Waals surface area (Å²) in [5.41, 5.74) is 0.752. The molecule has 0 radical (unpaired) electrons. The highest BCUT2D eigenvalue weighted by Crippen LogP contribution is 2.37. The molecule has 28 heavy (non-hydrogen) atoms. The summed E-state index contributed by atoms with van der Waals surface area (Å²) < 4.78 is 28.8. The maximum Gasteiger partial charge on any atom is 0.260 e. The average Bonchev–Trinajstić information content (AvgIpc) is 3.08. The van der Waals surface area contributed by atoms with Crippen molar-refractivity contribution in [3.8, 4) is 0 Å². The van der Waals surface area contributed by atoms with E-state index in [2.05, 4.69) is 10.4 Å². The molecule has 1 N–H and O–H groups in total. The third kappa shape index (κ3) is 4.18. The summed E-state index contributed by atoms with van der Waals surface area (Å²) in [6.07, 6.45) is 6.66. The fourth-order valence-electron chi connectivity index (χ4n) is 5.34. The molecule has 1 saturated carbocycles. The SMILES string of the molecule is Cc1cc2n(n1)[C@@H](C(F)F)C[C@@H]([C@H]1CCCN(C(=O)CC3CCCCC3)C1)N2. The second-order valence-electron chi connectivity index (χ2n) is 8.95. The monoisotopic (exact) mass is 394 g/mol. The van der Waals surface area contributed by atoms with Gasteiger partial charge in [-0.05, 0) is 50.9 Å². The highest BCUT2D eigenvalue weighted by molar-refractivity contribution is 5.76. The first-order valence-electron chi connectivity index (χ1n) is 10.9. The Labute approximate surface area is 165 Å². The first-order chi connectivity index (χ1) is 13.5. The minimum atomic E-state index is -2.43. The molecular formula is C21H32F2N4O. The van der Waals surface area contributed by atoms with Gasteiger partial charge < -0.3 is 10.2 Å². The molecule has 3 heterocycles. The van der Waals surface area contributed by atoms with Crippen molar-refractivity contribution in [2.24, 2.45) is 11.8 Å². The predicted octanol–water partition coefficient (Wildman–Crippen LogP) is 4.39. The van der Waals surface area contributed by atoms with E-state index in [9.17, 15) is 13.6 Å². The Hall–Kier alpha value is -1.66. The molecule has 1 saturated heterocycles. The number of carbonyl (C=O) groups excluding carboxylic acids is 1. The standard InChI is InChI=1S/C21H32F2N4O/c1-14-10-19-24-17(12-18(21(22)23)27(19)25-14)16-8-5-9-26(13-16)20(28)11-15-6-3-2-4-7-15/h10,15-18,21,24H,2-9,11-13H2,1H3/t16-,17-,18+/m0/s1. The normalized spacial score (nSPS) is 28.9. The summed E-state index contributed by atoms with van der Waals surface area (Å²) in [5.74, 6) is 1.70. The summed E-state index contributed by atoms with van der Waals surface area (Å²) in [5, 5.41) is 7.69. The van der Waals surface area contributed by atoms with Crippen LogP contribution < -0.4 is 5.32 Å². The van der Waals surface area contributed by atoms with Gasteiger partial charge in [0, 0.05) is 31.6 Å². The van der Waals surface area contributed by atoms with Gasteiger partial charge in [0.05, 0.1) is 5.69 Å². The van der Waals surface area contributed by atoms with E-state index in [1.165, 1.54) is 36.8 Å². The van der Waals surface area contributed by atoms with Crippen LogP contribution in [0.2, 0.25) is 0 Å². The number of hydrogen-bond acceptors (Lipinski definition) is 3. The number of hydrogen-bond donors (Lipinski definition) is 1. The molecule has 1 aliphatic carbocycles. The van der Waals surface area contributed by atoms with E-state index in [1.807, 2.05) is 17.9 Å². The van der Waals surface area contributed by atoms with Crippen LogP contribution >= 0.6 is 0 Å². The zero-order valence-corrected chi connectivity index (χ0v) is 16.7. The van der Waals surface area contributed by atoms with E-state index in [-0.39, 0.29) is 17.9 Å². The zero-order chi connectivity index (χ0) is 19.7. The Bertz CT molecular complexity index is 686. The number of aromatic nitrogens is 2. The number of likely N-dealkylation sites (tertiary alicyclic amines) is 1. The van der Waals surface area contributed by atoms with E-state index in [4.69, 9.17) is 0 Å². The molecule has 7 heteroatoms. The molecule has 3 atom stereocenters. The van der Waals surface area contributed by atoms with Crippen molar-refractivity contribution < 1.29 is 13.6 Å². The molecule has 4 rings (SSSR count). The van der Waals surface area contributed by atoms with Crippen LogP contribution in [0.5, 0.6) is 0 Å². The molecule has 0 bridgehead atoms. The van der Waals surface area contributed by atoms with Crippen molar-refractivity contribution in [3.63, 3.8) is 0 Å². The van der Waals surface area contributed by atoms with Crippen LogP contribution in [-0.4, -0.2) is 46.1 Å². The van der Waals surface area contributed by atoms with Gasteiger partial charge in [0.2, 0.25) is 5.91 Å². The first kappa shape index (κ1) is 19.6. The van der Waals surface area contributed by atoms with E-state index in [1.54, 1.807) is 0 Å². The summed E-state index contributed by atoms with van der Waals surface area (Å²) in [6, 6.07) is 0.923. The second-order valence-corrected chi connectivity index (χ2v) is 8.95. The number of alkyl halides is 2. The van der Waals surface area contributed by atoms with Gasteiger partial charge in [0.25, 0.3) is 6.43 Å². The Morgan fingerprint density at radius 1 is 1.25 bits per heavy atom. The van der Waals surface area contributed by atoms with Crippen LogP contribution in [-0.2, 0) is 4.79 Å². The van der Waals surface area contributed by atoms with Crippen molar-refractivity contribution >= 4 is 11.7 Å². The fourth-order valence-corrected chi connectivity index (χ4v) is 5.34. The lowest BCUT2D eigenvalue weighted by Gasteiger charge is -2.41. The number of anilines is 1. The van der Waals surface area contributed by atoms with Crippen LogP contribution in [0.25, 0.3) is 0 Å². The van der Waals surface area contributed by atoms with Crippen LogP contribution in [0, 0.1) is 18.8 Å². The molecule has 1 aromatic heterocycles.